The number of rotatable bonds is 5. The zero-order valence-corrected chi connectivity index (χ0v) is 25.9. The van der Waals surface area contributed by atoms with Crippen LogP contribution in [0.15, 0.2) is 15.8 Å². The predicted octanol–water partition coefficient (Wildman–Crippen LogP) is 4.55. The number of aromatic nitrogens is 2. The SMILES string of the molecule is CC1(C)[C@@H]2C[C@H]3OB([C@H]4C[C@@H](n5cc(I)c(=O)[nH]c5=O)O[C@@H]4CO[Si](C)(C)C(C)(C)C)O[C@@]3(C)[C@H]1C2. The molecular formula is C25H40BIN2O6Si. The highest BCUT2D eigenvalue weighted by molar-refractivity contribution is 14.1. The minimum Gasteiger partial charge on any atom is -0.414 e. The molecule has 3 heterocycles. The lowest BCUT2D eigenvalue weighted by atomic mass is 9.43. The van der Waals surface area contributed by atoms with Crippen molar-refractivity contribution in [1.82, 2.24) is 9.55 Å². The van der Waals surface area contributed by atoms with E-state index in [2.05, 4.69) is 59.6 Å². The van der Waals surface area contributed by atoms with E-state index in [-0.39, 0.29) is 39.6 Å². The Balaban J connectivity index is 1.41. The van der Waals surface area contributed by atoms with Gasteiger partial charge in [0.25, 0.3) is 5.56 Å². The average molecular weight is 630 g/mol. The fourth-order valence-electron chi connectivity index (χ4n) is 6.64. The Bertz CT molecular complexity index is 1150. The molecule has 5 aliphatic rings. The summed E-state index contributed by atoms with van der Waals surface area (Å²) in [5.74, 6) is 1.07. The molecule has 2 aliphatic heterocycles. The molecule has 36 heavy (non-hydrogen) atoms. The van der Waals surface area contributed by atoms with E-state index in [0.717, 1.165) is 6.42 Å². The van der Waals surface area contributed by atoms with Crippen molar-refractivity contribution >= 4 is 38.0 Å². The largest absolute Gasteiger partial charge is 0.463 e. The summed E-state index contributed by atoms with van der Waals surface area (Å²) in [4.78, 5) is 27.0. The smallest absolute Gasteiger partial charge is 0.414 e. The maximum atomic E-state index is 12.7. The Kier molecular flexibility index (Phi) is 6.61. The van der Waals surface area contributed by atoms with Gasteiger partial charge in [-0.2, -0.15) is 0 Å². The minimum atomic E-state index is -2.02. The van der Waals surface area contributed by atoms with Crippen LogP contribution in [0.3, 0.4) is 0 Å². The molecule has 2 bridgehead atoms. The molecule has 5 fully saturated rings. The van der Waals surface area contributed by atoms with Crippen molar-refractivity contribution in [1.29, 1.82) is 0 Å². The van der Waals surface area contributed by atoms with Gasteiger partial charge in [0.05, 0.1) is 28.0 Å². The van der Waals surface area contributed by atoms with Crippen molar-refractivity contribution in [3.8, 4) is 0 Å². The molecule has 6 rings (SSSR count). The lowest BCUT2D eigenvalue weighted by molar-refractivity contribution is -0.199. The minimum absolute atomic E-state index is 0.0712. The first-order chi connectivity index (χ1) is 16.5. The van der Waals surface area contributed by atoms with Gasteiger partial charge in [0.2, 0.25) is 0 Å². The van der Waals surface area contributed by atoms with Crippen molar-refractivity contribution in [2.75, 3.05) is 6.61 Å². The van der Waals surface area contributed by atoms with Crippen LogP contribution < -0.4 is 11.2 Å². The molecular weight excluding hydrogens is 590 g/mol. The topological polar surface area (TPSA) is 91.8 Å². The van der Waals surface area contributed by atoms with Gasteiger partial charge in [-0.3, -0.25) is 14.3 Å². The molecule has 2 saturated heterocycles. The van der Waals surface area contributed by atoms with Crippen LogP contribution in [0.1, 0.15) is 67.0 Å². The van der Waals surface area contributed by atoms with E-state index in [1.54, 1.807) is 6.20 Å². The number of halogens is 1. The Morgan fingerprint density at radius 1 is 1.22 bits per heavy atom. The molecule has 0 unspecified atom stereocenters. The van der Waals surface area contributed by atoms with Gasteiger partial charge in [-0.15, -0.1) is 0 Å². The first kappa shape index (κ1) is 27.1. The van der Waals surface area contributed by atoms with E-state index < -0.39 is 27.4 Å². The van der Waals surface area contributed by atoms with E-state index in [0.29, 0.717) is 28.4 Å². The summed E-state index contributed by atoms with van der Waals surface area (Å²) in [6, 6.07) is 0. The highest BCUT2D eigenvalue weighted by atomic mass is 127. The Morgan fingerprint density at radius 3 is 2.56 bits per heavy atom. The summed E-state index contributed by atoms with van der Waals surface area (Å²) < 4.78 is 28.5. The van der Waals surface area contributed by atoms with Crippen LogP contribution >= 0.6 is 22.6 Å². The molecule has 1 N–H and O–H groups in total. The number of ether oxygens (including phenoxy) is 1. The third-order valence-electron chi connectivity index (χ3n) is 10.3. The van der Waals surface area contributed by atoms with Crippen LogP contribution in [0.5, 0.6) is 0 Å². The van der Waals surface area contributed by atoms with E-state index in [4.69, 9.17) is 18.5 Å². The Hall–Kier alpha value is -0.468. The van der Waals surface area contributed by atoms with Crippen molar-refractivity contribution in [3.05, 3.63) is 30.6 Å². The molecule has 1 aromatic heterocycles. The molecule has 7 atom stereocenters. The van der Waals surface area contributed by atoms with Gasteiger partial charge in [-0.25, -0.2) is 4.79 Å². The van der Waals surface area contributed by atoms with Gasteiger partial charge in [0, 0.05) is 12.0 Å². The molecule has 3 aliphatic carbocycles. The Morgan fingerprint density at radius 2 is 1.92 bits per heavy atom. The number of nitrogens with one attached hydrogen (secondary N) is 1. The van der Waals surface area contributed by atoms with Crippen LogP contribution in [0.25, 0.3) is 0 Å². The third kappa shape index (κ3) is 4.24. The van der Waals surface area contributed by atoms with Crippen molar-refractivity contribution in [2.24, 2.45) is 17.3 Å². The van der Waals surface area contributed by atoms with Crippen LogP contribution in [-0.2, 0) is 18.5 Å². The van der Waals surface area contributed by atoms with Gasteiger partial charge in [0.1, 0.15) is 6.23 Å². The van der Waals surface area contributed by atoms with Gasteiger partial charge >= 0.3 is 12.8 Å². The summed E-state index contributed by atoms with van der Waals surface area (Å²) in [5.41, 5.74) is -0.893. The normalized spacial score (nSPS) is 37.6. The standard InChI is InChI=1S/C25H40BIN2O6Si/c1-23(2,3)36(7,8)32-13-17-15(11-20(33-17)29-12-16(27)21(30)28-22(29)31)26-34-19-10-14-9-18(24(14,4)5)25(19,6)35-26/h12,14-15,17-20H,9-11,13H2,1-8H3,(H,28,30,31)/t14-,15-,17+,18-,19+,20-,25-/m0/s1. The predicted molar refractivity (Wildman–Crippen MR) is 150 cm³/mol. The number of hydrogen-bond donors (Lipinski definition) is 1. The van der Waals surface area contributed by atoms with E-state index >= 15 is 0 Å². The van der Waals surface area contributed by atoms with E-state index in [1.165, 1.54) is 11.0 Å². The summed E-state index contributed by atoms with van der Waals surface area (Å²) in [6.45, 7) is 18.5. The monoisotopic (exact) mass is 630 g/mol. The van der Waals surface area contributed by atoms with Crippen LogP contribution in [0.2, 0.25) is 23.9 Å². The fourth-order valence-corrected chi connectivity index (χ4v) is 8.08. The lowest BCUT2D eigenvalue weighted by Crippen LogP contribution is -2.65. The highest BCUT2D eigenvalue weighted by Gasteiger charge is 2.69. The molecule has 11 heteroatoms. The maximum Gasteiger partial charge on any atom is 0.463 e. The molecule has 1 aromatic rings. The average Bonchev–Trinajstić information content (AvgIpc) is 3.34. The quantitative estimate of drug-likeness (QED) is 0.380. The van der Waals surface area contributed by atoms with Crippen molar-refractivity contribution in [3.63, 3.8) is 0 Å². The van der Waals surface area contributed by atoms with Crippen LogP contribution in [0.4, 0.5) is 0 Å². The summed E-state index contributed by atoms with van der Waals surface area (Å²) in [6.07, 6.45) is 3.63. The van der Waals surface area contributed by atoms with Gasteiger partial charge in [0.15, 0.2) is 8.32 Å². The first-order valence-corrected chi connectivity index (χ1v) is 17.2. The van der Waals surface area contributed by atoms with Gasteiger partial charge in [-0.1, -0.05) is 34.6 Å². The van der Waals surface area contributed by atoms with Gasteiger partial charge in [-0.05, 0) is 84.2 Å². The third-order valence-corrected chi connectivity index (χ3v) is 15.5. The Labute approximate surface area is 228 Å². The second-order valence-electron chi connectivity index (χ2n) is 13.6. The molecule has 0 radical (unpaired) electrons. The summed E-state index contributed by atoms with van der Waals surface area (Å²) in [7, 11) is -2.43. The van der Waals surface area contributed by atoms with Crippen molar-refractivity contribution < 1.29 is 18.5 Å². The number of nitrogens with zero attached hydrogens (tertiary/aromatic N) is 1. The highest BCUT2D eigenvalue weighted by Crippen LogP contribution is 2.66. The van der Waals surface area contributed by atoms with Gasteiger partial charge < -0.3 is 18.5 Å². The molecule has 200 valence electrons. The zero-order chi connectivity index (χ0) is 26.4. The zero-order valence-electron chi connectivity index (χ0n) is 22.7. The van der Waals surface area contributed by atoms with Crippen LogP contribution in [0, 0.1) is 20.8 Å². The maximum absolute atomic E-state index is 12.7. The fraction of sp³-hybridized carbons (Fsp3) is 0.840. The summed E-state index contributed by atoms with van der Waals surface area (Å²) >= 11 is 1.94. The summed E-state index contributed by atoms with van der Waals surface area (Å²) in [5, 5.41) is 0.0712. The first-order valence-electron chi connectivity index (χ1n) is 13.2. The lowest BCUT2D eigenvalue weighted by Gasteiger charge is -2.64. The second kappa shape index (κ2) is 8.77. The second-order valence-corrected chi connectivity index (χ2v) is 19.6. The molecule has 0 amide bonds. The van der Waals surface area contributed by atoms with Crippen LogP contribution in [-0.4, -0.2) is 49.4 Å². The molecule has 8 nitrogen and oxygen atoms in total. The van der Waals surface area contributed by atoms with Crippen molar-refractivity contribution in [2.45, 2.75) is 109 Å². The van der Waals surface area contributed by atoms with E-state index in [1.807, 2.05) is 22.6 Å². The van der Waals surface area contributed by atoms with E-state index in [9.17, 15) is 9.59 Å². The molecule has 0 aromatic carbocycles. The molecule has 0 spiro atoms. The molecule has 3 saturated carbocycles. The number of aromatic amines is 1. The number of H-pyrrole nitrogens is 1. The number of hydrogen-bond acceptors (Lipinski definition) is 6.